The Kier molecular flexibility index (Phi) is 7.80. The van der Waals surface area contributed by atoms with Gasteiger partial charge >= 0.3 is 5.97 Å². The Labute approximate surface area is 237 Å². The molecule has 2 aliphatic rings. The standard InChI is InChI=1S/C35H41FO4/c1-22-9-14-31(36)27(18-22)26-13-10-23(19-28(26)32(38-5)34(2,3)4)21-40-25-12-11-24-8-7-16-35(30(24)20-25)17-15-29(35)33(37)39-6/h9-14,18-20,29,32H,7-8,15-17,21H2,1-6H3/t29-,32+,35+/m1/s1. The molecule has 0 bridgehead atoms. The molecule has 3 aromatic carbocycles. The number of halogens is 1. The maximum absolute atomic E-state index is 15.0. The molecule has 3 aromatic rings. The summed E-state index contributed by atoms with van der Waals surface area (Å²) < 4.78 is 32.5. The molecule has 0 unspecified atom stereocenters. The van der Waals surface area contributed by atoms with Crippen LogP contribution < -0.4 is 4.74 Å². The molecule has 0 N–H and O–H groups in total. The highest BCUT2D eigenvalue weighted by Crippen LogP contribution is 2.56. The van der Waals surface area contributed by atoms with Gasteiger partial charge in [-0.05, 0) is 103 Å². The smallest absolute Gasteiger partial charge is 0.309 e. The fourth-order valence-electron chi connectivity index (χ4n) is 6.92. The van der Waals surface area contributed by atoms with Gasteiger partial charge in [0.1, 0.15) is 18.2 Å². The number of carbonyl (C=O) groups excluding carboxylic acids is 1. The topological polar surface area (TPSA) is 44.8 Å². The third-order valence-electron chi connectivity index (χ3n) is 8.96. The number of hydrogen-bond acceptors (Lipinski definition) is 4. The highest BCUT2D eigenvalue weighted by molar-refractivity contribution is 5.76. The molecule has 0 aliphatic heterocycles. The van der Waals surface area contributed by atoms with Crippen LogP contribution in [0.5, 0.6) is 5.75 Å². The summed E-state index contributed by atoms with van der Waals surface area (Å²) in [6.07, 6.45) is 4.77. The van der Waals surface area contributed by atoms with E-state index in [9.17, 15) is 4.79 Å². The van der Waals surface area contributed by atoms with Crippen LogP contribution in [0.4, 0.5) is 4.39 Å². The van der Waals surface area contributed by atoms with Crippen LogP contribution in [0.1, 0.15) is 80.4 Å². The molecule has 1 saturated carbocycles. The van der Waals surface area contributed by atoms with Gasteiger partial charge in [-0.25, -0.2) is 4.39 Å². The van der Waals surface area contributed by atoms with Gasteiger partial charge in [0.15, 0.2) is 0 Å². The monoisotopic (exact) mass is 544 g/mol. The second-order valence-corrected chi connectivity index (χ2v) is 12.6. The fraction of sp³-hybridized carbons (Fsp3) is 0.457. The Balaban J connectivity index is 1.46. The second kappa shape index (κ2) is 11.0. The Morgan fingerprint density at radius 1 is 1.02 bits per heavy atom. The number of benzene rings is 3. The average Bonchev–Trinajstić information content (AvgIpc) is 2.92. The molecule has 0 heterocycles. The summed E-state index contributed by atoms with van der Waals surface area (Å²) in [5.74, 6) is 0.371. The summed E-state index contributed by atoms with van der Waals surface area (Å²) in [5.41, 5.74) is 6.58. The molecular formula is C35H41FO4. The Hall–Kier alpha value is -3.18. The minimum Gasteiger partial charge on any atom is -0.489 e. The van der Waals surface area contributed by atoms with E-state index in [1.165, 1.54) is 24.3 Å². The van der Waals surface area contributed by atoms with Gasteiger partial charge in [-0.1, -0.05) is 50.6 Å². The van der Waals surface area contributed by atoms with Crippen molar-refractivity contribution in [1.82, 2.24) is 0 Å². The van der Waals surface area contributed by atoms with Crippen molar-refractivity contribution < 1.29 is 23.4 Å². The predicted octanol–water partition coefficient (Wildman–Crippen LogP) is 8.27. The minimum atomic E-state index is -0.246. The van der Waals surface area contributed by atoms with E-state index in [2.05, 4.69) is 39.0 Å². The van der Waals surface area contributed by atoms with Crippen molar-refractivity contribution >= 4 is 5.97 Å². The zero-order valence-corrected chi connectivity index (χ0v) is 24.6. The maximum atomic E-state index is 15.0. The zero-order valence-electron chi connectivity index (χ0n) is 24.6. The molecule has 2 aliphatic carbocycles. The van der Waals surface area contributed by atoms with Crippen molar-refractivity contribution in [3.05, 3.63) is 88.2 Å². The molecule has 0 radical (unpaired) electrons. The van der Waals surface area contributed by atoms with Gasteiger partial charge in [0.2, 0.25) is 0 Å². The first-order valence-electron chi connectivity index (χ1n) is 14.3. The van der Waals surface area contributed by atoms with Crippen LogP contribution in [0, 0.1) is 24.1 Å². The summed E-state index contributed by atoms with van der Waals surface area (Å²) in [5, 5.41) is 0. The number of aryl methyl sites for hydroxylation is 2. The zero-order chi connectivity index (χ0) is 28.7. The van der Waals surface area contributed by atoms with E-state index >= 15 is 4.39 Å². The first kappa shape index (κ1) is 28.4. The summed E-state index contributed by atoms with van der Waals surface area (Å²) in [7, 11) is 3.19. The molecular weight excluding hydrogens is 503 g/mol. The molecule has 0 saturated heterocycles. The van der Waals surface area contributed by atoms with Crippen LogP contribution in [0.15, 0.2) is 54.6 Å². The van der Waals surface area contributed by atoms with E-state index in [4.69, 9.17) is 14.2 Å². The minimum absolute atomic E-state index is 0.0766. The Bertz CT molecular complexity index is 1400. The number of carbonyl (C=O) groups is 1. The van der Waals surface area contributed by atoms with Crippen LogP contribution in [-0.4, -0.2) is 20.2 Å². The maximum Gasteiger partial charge on any atom is 0.309 e. The molecule has 0 amide bonds. The van der Waals surface area contributed by atoms with Crippen LogP contribution in [-0.2, 0) is 32.7 Å². The van der Waals surface area contributed by atoms with Gasteiger partial charge in [0.25, 0.3) is 0 Å². The SMILES string of the molecule is COC(=O)[C@H]1CC[C@@]12CCCc1ccc(OCc3ccc(-c4cc(C)ccc4F)c([C@H](OC)C(C)(C)C)c3)cc12. The van der Waals surface area contributed by atoms with Crippen molar-refractivity contribution in [2.24, 2.45) is 11.3 Å². The normalized spacial score (nSPS) is 20.9. The van der Waals surface area contributed by atoms with E-state index in [0.29, 0.717) is 12.2 Å². The Morgan fingerprint density at radius 2 is 1.82 bits per heavy atom. The first-order valence-corrected chi connectivity index (χ1v) is 14.3. The van der Waals surface area contributed by atoms with E-state index in [-0.39, 0.29) is 34.6 Å². The lowest BCUT2D eigenvalue weighted by molar-refractivity contribution is -0.153. The molecule has 40 heavy (non-hydrogen) atoms. The lowest BCUT2D eigenvalue weighted by Gasteiger charge is -2.51. The average molecular weight is 545 g/mol. The summed E-state index contributed by atoms with van der Waals surface area (Å²) in [6, 6.07) is 17.6. The van der Waals surface area contributed by atoms with Crippen LogP contribution >= 0.6 is 0 Å². The van der Waals surface area contributed by atoms with E-state index in [0.717, 1.165) is 60.1 Å². The van der Waals surface area contributed by atoms with Crippen molar-refractivity contribution in [2.75, 3.05) is 14.2 Å². The van der Waals surface area contributed by atoms with Crippen molar-refractivity contribution in [3.8, 4) is 16.9 Å². The fourth-order valence-corrected chi connectivity index (χ4v) is 6.92. The van der Waals surface area contributed by atoms with E-state index in [1.54, 1.807) is 13.2 Å². The van der Waals surface area contributed by atoms with Gasteiger partial charge in [-0.15, -0.1) is 0 Å². The quantitative estimate of drug-likeness (QED) is 0.281. The van der Waals surface area contributed by atoms with Crippen molar-refractivity contribution in [2.45, 2.75) is 77.9 Å². The highest BCUT2D eigenvalue weighted by atomic mass is 19.1. The largest absolute Gasteiger partial charge is 0.489 e. The number of hydrogen-bond donors (Lipinski definition) is 0. The summed E-state index contributed by atoms with van der Waals surface area (Å²) >= 11 is 0. The van der Waals surface area contributed by atoms with Gasteiger partial charge < -0.3 is 14.2 Å². The van der Waals surface area contributed by atoms with Gasteiger partial charge in [-0.3, -0.25) is 4.79 Å². The third kappa shape index (κ3) is 5.16. The molecule has 5 heteroatoms. The number of fused-ring (bicyclic) bond motifs is 2. The lowest BCUT2D eigenvalue weighted by atomic mass is 9.52. The van der Waals surface area contributed by atoms with Gasteiger partial charge in [-0.2, -0.15) is 0 Å². The highest BCUT2D eigenvalue weighted by Gasteiger charge is 2.53. The van der Waals surface area contributed by atoms with E-state index < -0.39 is 0 Å². The number of ether oxygens (including phenoxy) is 3. The van der Waals surface area contributed by atoms with Crippen LogP contribution in [0.3, 0.4) is 0 Å². The summed E-state index contributed by atoms with van der Waals surface area (Å²) in [4.78, 5) is 12.5. The molecule has 4 nitrogen and oxygen atoms in total. The molecule has 212 valence electrons. The summed E-state index contributed by atoms with van der Waals surface area (Å²) in [6.45, 7) is 8.74. The predicted molar refractivity (Wildman–Crippen MR) is 156 cm³/mol. The number of methoxy groups -OCH3 is 2. The lowest BCUT2D eigenvalue weighted by Crippen LogP contribution is -2.50. The Morgan fingerprint density at radius 3 is 2.50 bits per heavy atom. The molecule has 0 aromatic heterocycles. The van der Waals surface area contributed by atoms with Crippen molar-refractivity contribution in [1.29, 1.82) is 0 Å². The van der Waals surface area contributed by atoms with Crippen LogP contribution in [0.25, 0.3) is 11.1 Å². The molecule has 3 atom stereocenters. The van der Waals surface area contributed by atoms with E-state index in [1.807, 2.05) is 31.2 Å². The second-order valence-electron chi connectivity index (χ2n) is 12.6. The molecule has 1 fully saturated rings. The van der Waals surface area contributed by atoms with Gasteiger partial charge in [0, 0.05) is 18.1 Å². The van der Waals surface area contributed by atoms with Gasteiger partial charge in [0.05, 0.1) is 19.1 Å². The van der Waals surface area contributed by atoms with Crippen molar-refractivity contribution in [3.63, 3.8) is 0 Å². The number of rotatable bonds is 7. The van der Waals surface area contributed by atoms with Crippen LogP contribution in [0.2, 0.25) is 0 Å². The third-order valence-corrected chi connectivity index (χ3v) is 8.96. The molecule has 5 rings (SSSR count). The molecule has 1 spiro atoms. The first-order chi connectivity index (χ1) is 19.1. The number of esters is 1.